The minimum Gasteiger partial charge on any atom is -0.354 e. The molecule has 0 unspecified atom stereocenters. The Balaban J connectivity index is 2.08. The zero-order valence-corrected chi connectivity index (χ0v) is 8.96. The van der Waals surface area contributed by atoms with Crippen molar-refractivity contribution in [3.8, 4) is 0 Å². The highest BCUT2D eigenvalue weighted by Gasteiger charge is 2.18. The number of carbonyl (C=O) groups is 1. The smallest absolute Gasteiger partial charge is 0.233 e. The van der Waals surface area contributed by atoms with Gasteiger partial charge in [-0.1, -0.05) is 12.8 Å². The van der Waals surface area contributed by atoms with Crippen molar-refractivity contribution >= 4 is 5.91 Å². The van der Waals surface area contributed by atoms with E-state index in [-0.39, 0.29) is 12.5 Å². The molecule has 1 rings (SSSR count). The Bertz CT molecular complexity index is 178. The van der Waals surface area contributed by atoms with Gasteiger partial charge in [-0.2, -0.15) is 0 Å². The SMILES string of the molecule is CN(CCNC(=O)CN)C1CCCC1. The first-order valence-electron chi connectivity index (χ1n) is 5.41. The van der Waals surface area contributed by atoms with Crippen LogP contribution in [0.15, 0.2) is 0 Å². The van der Waals surface area contributed by atoms with Crippen molar-refractivity contribution in [2.24, 2.45) is 5.73 Å². The van der Waals surface area contributed by atoms with E-state index in [4.69, 9.17) is 5.73 Å². The number of hydrogen-bond donors (Lipinski definition) is 2. The molecule has 82 valence electrons. The fraction of sp³-hybridized carbons (Fsp3) is 0.900. The highest BCUT2D eigenvalue weighted by atomic mass is 16.1. The summed E-state index contributed by atoms with van der Waals surface area (Å²) >= 11 is 0. The average molecular weight is 199 g/mol. The van der Waals surface area contributed by atoms with E-state index in [2.05, 4.69) is 17.3 Å². The van der Waals surface area contributed by atoms with Crippen LogP contribution in [-0.4, -0.2) is 43.5 Å². The van der Waals surface area contributed by atoms with Crippen LogP contribution < -0.4 is 11.1 Å². The van der Waals surface area contributed by atoms with Crippen molar-refractivity contribution in [1.82, 2.24) is 10.2 Å². The standard InChI is InChI=1S/C10H21N3O/c1-13(9-4-2-3-5-9)7-6-12-10(14)8-11/h9H,2-8,11H2,1H3,(H,12,14). The lowest BCUT2D eigenvalue weighted by atomic mass is 10.2. The van der Waals surface area contributed by atoms with Crippen LogP contribution in [0.5, 0.6) is 0 Å². The van der Waals surface area contributed by atoms with Crippen LogP contribution in [-0.2, 0) is 4.79 Å². The molecule has 1 saturated carbocycles. The van der Waals surface area contributed by atoms with Gasteiger partial charge in [0.05, 0.1) is 6.54 Å². The number of amides is 1. The van der Waals surface area contributed by atoms with Gasteiger partial charge >= 0.3 is 0 Å². The van der Waals surface area contributed by atoms with E-state index >= 15 is 0 Å². The Morgan fingerprint density at radius 2 is 2.14 bits per heavy atom. The number of nitrogens with zero attached hydrogens (tertiary/aromatic N) is 1. The summed E-state index contributed by atoms with van der Waals surface area (Å²) in [4.78, 5) is 13.2. The van der Waals surface area contributed by atoms with Crippen molar-refractivity contribution in [2.75, 3.05) is 26.7 Å². The summed E-state index contributed by atoms with van der Waals surface area (Å²) in [5.74, 6) is -0.0650. The second-order valence-corrected chi connectivity index (χ2v) is 3.97. The van der Waals surface area contributed by atoms with E-state index in [1.165, 1.54) is 25.7 Å². The zero-order chi connectivity index (χ0) is 10.4. The lowest BCUT2D eigenvalue weighted by Crippen LogP contribution is -2.39. The van der Waals surface area contributed by atoms with Crippen molar-refractivity contribution in [3.05, 3.63) is 0 Å². The molecule has 0 radical (unpaired) electrons. The number of carbonyl (C=O) groups excluding carboxylic acids is 1. The third-order valence-electron chi connectivity index (χ3n) is 2.92. The van der Waals surface area contributed by atoms with Gasteiger partial charge in [0.2, 0.25) is 5.91 Å². The molecule has 0 atom stereocenters. The molecule has 0 aromatic carbocycles. The molecular formula is C10H21N3O. The Hall–Kier alpha value is -0.610. The molecule has 0 aromatic rings. The lowest BCUT2D eigenvalue weighted by Gasteiger charge is -2.23. The van der Waals surface area contributed by atoms with Gasteiger partial charge in [-0.05, 0) is 19.9 Å². The molecule has 4 nitrogen and oxygen atoms in total. The van der Waals surface area contributed by atoms with Crippen molar-refractivity contribution in [1.29, 1.82) is 0 Å². The third kappa shape index (κ3) is 3.64. The fourth-order valence-corrected chi connectivity index (χ4v) is 1.97. The maximum Gasteiger partial charge on any atom is 0.233 e. The van der Waals surface area contributed by atoms with Gasteiger partial charge < -0.3 is 16.0 Å². The summed E-state index contributed by atoms with van der Waals surface area (Å²) < 4.78 is 0. The Kier molecular flexibility index (Phi) is 4.90. The highest BCUT2D eigenvalue weighted by molar-refractivity contribution is 5.77. The number of nitrogens with one attached hydrogen (secondary N) is 1. The maximum absolute atomic E-state index is 10.9. The number of hydrogen-bond acceptors (Lipinski definition) is 3. The van der Waals surface area contributed by atoms with Gasteiger partial charge in [0.15, 0.2) is 0 Å². The van der Waals surface area contributed by atoms with E-state index in [1.807, 2.05) is 0 Å². The molecule has 1 amide bonds. The quantitative estimate of drug-likeness (QED) is 0.652. The molecule has 1 fully saturated rings. The van der Waals surface area contributed by atoms with Crippen LogP contribution in [0.25, 0.3) is 0 Å². The predicted molar refractivity (Wildman–Crippen MR) is 57.0 cm³/mol. The summed E-state index contributed by atoms with van der Waals surface area (Å²) in [6.45, 7) is 1.73. The molecule has 0 aliphatic heterocycles. The molecule has 1 aliphatic rings. The molecular weight excluding hydrogens is 178 g/mol. The molecule has 0 bridgehead atoms. The van der Waals surface area contributed by atoms with Crippen molar-refractivity contribution < 1.29 is 4.79 Å². The van der Waals surface area contributed by atoms with Crippen LogP contribution in [0.2, 0.25) is 0 Å². The van der Waals surface area contributed by atoms with E-state index in [9.17, 15) is 4.79 Å². The molecule has 1 aliphatic carbocycles. The van der Waals surface area contributed by atoms with Gasteiger partial charge in [0.25, 0.3) is 0 Å². The fourth-order valence-electron chi connectivity index (χ4n) is 1.97. The number of nitrogens with two attached hydrogens (primary N) is 1. The van der Waals surface area contributed by atoms with Crippen LogP contribution in [0.1, 0.15) is 25.7 Å². The van der Waals surface area contributed by atoms with E-state index in [0.717, 1.165) is 12.6 Å². The largest absolute Gasteiger partial charge is 0.354 e. The molecule has 3 N–H and O–H groups in total. The Labute approximate surface area is 85.8 Å². The lowest BCUT2D eigenvalue weighted by molar-refractivity contribution is -0.119. The van der Waals surface area contributed by atoms with Gasteiger partial charge in [0, 0.05) is 19.1 Å². The van der Waals surface area contributed by atoms with Crippen LogP contribution in [0, 0.1) is 0 Å². The summed E-state index contributed by atoms with van der Waals surface area (Å²) in [5.41, 5.74) is 5.19. The van der Waals surface area contributed by atoms with E-state index in [0.29, 0.717) is 6.54 Å². The molecule has 0 saturated heterocycles. The third-order valence-corrected chi connectivity index (χ3v) is 2.92. The molecule has 0 aromatic heterocycles. The normalized spacial score (nSPS) is 17.6. The Morgan fingerprint density at radius 3 is 2.71 bits per heavy atom. The first kappa shape index (κ1) is 11.5. The monoisotopic (exact) mass is 199 g/mol. The first-order chi connectivity index (χ1) is 6.74. The second kappa shape index (κ2) is 5.98. The zero-order valence-electron chi connectivity index (χ0n) is 8.96. The second-order valence-electron chi connectivity index (χ2n) is 3.97. The van der Waals surface area contributed by atoms with Crippen molar-refractivity contribution in [2.45, 2.75) is 31.7 Å². The molecule has 14 heavy (non-hydrogen) atoms. The van der Waals surface area contributed by atoms with Gasteiger partial charge in [-0.25, -0.2) is 0 Å². The Morgan fingerprint density at radius 1 is 1.50 bits per heavy atom. The summed E-state index contributed by atoms with van der Waals surface area (Å²) in [7, 11) is 2.13. The van der Waals surface area contributed by atoms with Crippen molar-refractivity contribution in [3.63, 3.8) is 0 Å². The first-order valence-corrected chi connectivity index (χ1v) is 5.41. The number of likely N-dealkylation sites (N-methyl/N-ethyl adjacent to an activating group) is 1. The summed E-state index contributed by atoms with van der Waals surface area (Å²) in [6, 6.07) is 0.727. The summed E-state index contributed by atoms with van der Waals surface area (Å²) in [6.07, 6.45) is 5.32. The molecule has 4 heteroatoms. The maximum atomic E-state index is 10.9. The average Bonchev–Trinajstić information content (AvgIpc) is 2.70. The number of rotatable bonds is 5. The molecule has 0 spiro atoms. The molecule has 0 heterocycles. The van der Waals surface area contributed by atoms with Crippen LogP contribution in [0.3, 0.4) is 0 Å². The van der Waals surface area contributed by atoms with Crippen LogP contribution >= 0.6 is 0 Å². The van der Waals surface area contributed by atoms with Gasteiger partial charge in [0.1, 0.15) is 0 Å². The van der Waals surface area contributed by atoms with Crippen LogP contribution in [0.4, 0.5) is 0 Å². The van der Waals surface area contributed by atoms with E-state index in [1.54, 1.807) is 0 Å². The van der Waals surface area contributed by atoms with E-state index < -0.39 is 0 Å². The predicted octanol–water partition coefficient (Wildman–Crippen LogP) is -0.0643. The van der Waals surface area contributed by atoms with Gasteiger partial charge in [-0.3, -0.25) is 4.79 Å². The topological polar surface area (TPSA) is 58.4 Å². The van der Waals surface area contributed by atoms with Gasteiger partial charge in [-0.15, -0.1) is 0 Å². The minimum atomic E-state index is -0.0650. The minimum absolute atomic E-state index is 0.0650. The highest BCUT2D eigenvalue weighted by Crippen LogP contribution is 2.21. The summed E-state index contributed by atoms with van der Waals surface area (Å²) in [5, 5.41) is 2.78.